The normalized spacial score (nSPS) is 13.5. The first-order chi connectivity index (χ1) is 13.5. The summed E-state index contributed by atoms with van der Waals surface area (Å²) in [5, 5.41) is 12.9. The Kier molecular flexibility index (Phi) is 11.8. The average Bonchev–Trinajstić information content (AvgIpc) is 2.59. The molecular weight excluding hydrogens is 392 g/mol. The second-order valence-corrected chi connectivity index (χ2v) is 6.01. The standard InChI is InChI=1S/C16H25N4O9/c1-8(21)5-11(16(27)19-10(14(18)25)7-12(22)23)20-15(26)9(17)6-13(24)29-4-3-28-2/h9-11,18H,3-7,17H2,1-2H3,(H,19,27)(H,20,26)(H,22,23). The number of rotatable bonds is 14. The summed E-state index contributed by atoms with van der Waals surface area (Å²) in [7, 11) is 1.41. The van der Waals surface area contributed by atoms with Gasteiger partial charge in [0.25, 0.3) is 5.91 Å². The number of methoxy groups -OCH3 is 1. The third-order valence-corrected chi connectivity index (χ3v) is 3.41. The zero-order chi connectivity index (χ0) is 22.6. The average molecular weight is 417 g/mol. The van der Waals surface area contributed by atoms with Crippen molar-refractivity contribution in [3.8, 4) is 0 Å². The molecule has 1 radical (unpaired) electrons. The second-order valence-electron chi connectivity index (χ2n) is 6.01. The molecule has 0 bridgehead atoms. The first kappa shape index (κ1) is 25.9. The molecule has 29 heavy (non-hydrogen) atoms. The lowest BCUT2D eigenvalue weighted by Crippen LogP contribution is -2.55. The molecule has 0 aliphatic carbocycles. The van der Waals surface area contributed by atoms with Crippen molar-refractivity contribution in [2.75, 3.05) is 20.3 Å². The van der Waals surface area contributed by atoms with Gasteiger partial charge in [0.2, 0.25) is 11.8 Å². The largest absolute Gasteiger partial charge is 0.481 e. The van der Waals surface area contributed by atoms with Crippen molar-refractivity contribution in [1.82, 2.24) is 16.4 Å². The molecule has 0 saturated carbocycles. The van der Waals surface area contributed by atoms with E-state index in [1.54, 1.807) is 0 Å². The number of carboxylic acids is 1. The van der Waals surface area contributed by atoms with Crippen molar-refractivity contribution >= 4 is 35.4 Å². The van der Waals surface area contributed by atoms with Crippen LogP contribution in [-0.2, 0) is 38.2 Å². The van der Waals surface area contributed by atoms with Crippen LogP contribution >= 0.6 is 0 Å². The van der Waals surface area contributed by atoms with Gasteiger partial charge in [0, 0.05) is 13.5 Å². The van der Waals surface area contributed by atoms with Crippen LogP contribution < -0.4 is 22.1 Å². The predicted octanol–water partition coefficient (Wildman–Crippen LogP) is -2.87. The molecule has 0 aromatic rings. The summed E-state index contributed by atoms with van der Waals surface area (Å²) in [6.45, 7) is 1.26. The van der Waals surface area contributed by atoms with E-state index in [9.17, 15) is 28.8 Å². The molecule has 3 unspecified atom stereocenters. The van der Waals surface area contributed by atoms with Crippen LogP contribution in [-0.4, -0.2) is 79.0 Å². The highest BCUT2D eigenvalue weighted by atomic mass is 16.6. The third-order valence-electron chi connectivity index (χ3n) is 3.41. The summed E-state index contributed by atoms with van der Waals surface area (Å²) in [6, 6.07) is -4.53. The molecule has 0 aromatic carbocycles. The van der Waals surface area contributed by atoms with Gasteiger partial charge in [-0.3, -0.25) is 34.5 Å². The molecule has 0 aromatic heterocycles. The summed E-state index contributed by atoms with van der Waals surface area (Å²) in [6.07, 6.45) is -1.83. The van der Waals surface area contributed by atoms with Gasteiger partial charge in [0.15, 0.2) is 0 Å². The minimum atomic E-state index is -1.66. The van der Waals surface area contributed by atoms with Crippen molar-refractivity contribution < 1.29 is 43.3 Å². The summed E-state index contributed by atoms with van der Waals surface area (Å²) in [4.78, 5) is 69.3. The Morgan fingerprint density at radius 1 is 0.966 bits per heavy atom. The number of aliphatic carboxylic acids is 1. The fourth-order valence-corrected chi connectivity index (χ4v) is 2.00. The van der Waals surface area contributed by atoms with Crippen LogP contribution in [0.4, 0.5) is 0 Å². The Hall–Kier alpha value is -3.06. The van der Waals surface area contributed by atoms with E-state index in [-0.39, 0.29) is 13.2 Å². The van der Waals surface area contributed by atoms with Crippen LogP contribution in [0.3, 0.4) is 0 Å². The van der Waals surface area contributed by atoms with Gasteiger partial charge in [-0.15, -0.1) is 0 Å². The Morgan fingerprint density at radius 3 is 2.03 bits per heavy atom. The maximum absolute atomic E-state index is 12.3. The molecule has 6 N–H and O–H groups in total. The first-order valence-corrected chi connectivity index (χ1v) is 8.45. The zero-order valence-electron chi connectivity index (χ0n) is 16.1. The Balaban J connectivity index is 4.99. The molecule has 0 aliphatic rings. The molecule has 0 heterocycles. The lowest BCUT2D eigenvalue weighted by molar-refractivity contribution is -0.146. The SMILES string of the molecule is COCCOC(=O)CC(N)C(=O)NC(CC(C)=O)C(=O)NC(CC(=O)O)C([NH])=O. The Labute approximate surface area is 166 Å². The van der Waals surface area contributed by atoms with Crippen LogP contribution in [0.25, 0.3) is 0 Å². The van der Waals surface area contributed by atoms with Gasteiger partial charge < -0.3 is 30.9 Å². The van der Waals surface area contributed by atoms with Gasteiger partial charge in [0.05, 0.1) is 25.5 Å². The molecule has 0 spiro atoms. The van der Waals surface area contributed by atoms with Crippen molar-refractivity contribution in [3.05, 3.63) is 0 Å². The van der Waals surface area contributed by atoms with Gasteiger partial charge in [-0.05, 0) is 6.92 Å². The van der Waals surface area contributed by atoms with E-state index >= 15 is 0 Å². The molecule has 3 amide bonds. The smallest absolute Gasteiger partial charge is 0.307 e. The summed E-state index contributed by atoms with van der Waals surface area (Å²) < 4.78 is 9.46. The molecule has 13 nitrogen and oxygen atoms in total. The van der Waals surface area contributed by atoms with E-state index in [2.05, 4.69) is 5.32 Å². The molecule has 3 atom stereocenters. The van der Waals surface area contributed by atoms with Crippen LogP contribution in [0.5, 0.6) is 0 Å². The minimum absolute atomic E-state index is 0.0365. The summed E-state index contributed by atoms with van der Waals surface area (Å²) in [5.74, 6) is -6.05. The van der Waals surface area contributed by atoms with Gasteiger partial charge in [-0.2, -0.15) is 0 Å². The van der Waals surface area contributed by atoms with E-state index < -0.39 is 72.8 Å². The van der Waals surface area contributed by atoms with Crippen LogP contribution in [0.15, 0.2) is 0 Å². The maximum atomic E-state index is 12.3. The quantitative estimate of drug-likeness (QED) is 0.167. The molecule has 163 valence electrons. The third kappa shape index (κ3) is 11.4. The van der Waals surface area contributed by atoms with E-state index in [4.69, 9.17) is 26.0 Å². The van der Waals surface area contributed by atoms with E-state index in [1.807, 2.05) is 5.32 Å². The molecule has 0 fully saturated rings. The number of Topliss-reactive ketones (excluding diaryl/α,β-unsaturated/α-hetero) is 1. The highest BCUT2D eigenvalue weighted by molar-refractivity contribution is 5.96. The lowest BCUT2D eigenvalue weighted by atomic mass is 10.1. The molecular formula is C16H25N4O9. The van der Waals surface area contributed by atoms with Crippen LogP contribution in [0.1, 0.15) is 26.2 Å². The zero-order valence-corrected chi connectivity index (χ0v) is 16.1. The Morgan fingerprint density at radius 2 is 1.55 bits per heavy atom. The number of amides is 3. The predicted molar refractivity (Wildman–Crippen MR) is 94.9 cm³/mol. The topological polar surface area (TPSA) is 215 Å². The van der Waals surface area contributed by atoms with E-state index in [0.717, 1.165) is 6.92 Å². The number of ketones is 1. The highest BCUT2D eigenvalue weighted by Crippen LogP contribution is 2.01. The Bertz CT molecular complexity index is 638. The molecule has 0 aliphatic heterocycles. The first-order valence-electron chi connectivity index (χ1n) is 8.45. The van der Waals surface area contributed by atoms with Gasteiger partial charge in [-0.25, -0.2) is 0 Å². The number of nitrogens with two attached hydrogens (primary N) is 1. The van der Waals surface area contributed by atoms with Crippen LogP contribution in [0.2, 0.25) is 0 Å². The van der Waals surface area contributed by atoms with Gasteiger partial charge >= 0.3 is 11.9 Å². The number of hydrogen-bond donors (Lipinski definition) is 4. The second kappa shape index (κ2) is 13.2. The number of hydrogen-bond acceptors (Lipinski definition) is 9. The summed E-state index contributed by atoms with van der Waals surface area (Å²) in [5.41, 5.74) is 12.6. The van der Waals surface area contributed by atoms with E-state index in [0.29, 0.717) is 0 Å². The molecule has 13 heteroatoms. The fraction of sp³-hybridized carbons (Fsp3) is 0.625. The van der Waals surface area contributed by atoms with Gasteiger partial charge in [0.1, 0.15) is 24.5 Å². The minimum Gasteiger partial charge on any atom is -0.481 e. The molecule has 0 saturated heterocycles. The van der Waals surface area contributed by atoms with Crippen molar-refractivity contribution in [3.63, 3.8) is 0 Å². The maximum Gasteiger partial charge on any atom is 0.307 e. The number of esters is 1. The number of carbonyl (C=O) groups excluding carboxylic acids is 5. The lowest BCUT2D eigenvalue weighted by Gasteiger charge is -2.21. The van der Waals surface area contributed by atoms with E-state index in [1.165, 1.54) is 7.11 Å². The van der Waals surface area contributed by atoms with Crippen LogP contribution in [0, 0.1) is 0 Å². The van der Waals surface area contributed by atoms with Crippen molar-refractivity contribution in [1.29, 1.82) is 0 Å². The number of carbonyl (C=O) groups is 6. The van der Waals surface area contributed by atoms with Crippen molar-refractivity contribution in [2.45, 2.75) is 44.3 Å². The number of carboxylic acid groups (broad SMARTS) is 1. The number of ether oxygens (including phenoxy) is 2. The molecule has 0 rings (SSSR count). The van der Waals surface area contributed by atoms with Gasteiger partial charge in [-0.1, -0.05) is 0 Å². The number of nitrogens with one attached hydrogen (secondary N) is 3. The summed E-state index contributed by atoms with van der Waals surface area (Å²) >= 11 is 0. The highest BCUT2D eigenvalue weighted by Gasteiger charge is 2.30. The fourth-order valence-electron chi connectivity index (χ4n) is 2.00. The van der Waals surface area contributed by atoms with Crippen molar-refractivity contribution in [2.24, 2.45) is 5.73 Å². The monoisotopic (exact) mass is 417 g/mol.